The number of nitro benzene ring substituents is 1. The molecule has 96 valence electrons. The normalized spacial score (nSPS) is 20.8. The van der Waals surface area contributed by atoms with E-state index in [2.05, 4.69) is 29.6 Å². The maximum absolute atomic E-state index is 10.6. The summed E-state index contributed by atoms with van der Waals surface area (Å²) in [6, 6.07) is 17.4. The molecule has 1 aliphatic rings. The van der Waals surface area contributed by atoms with E-state index in [0.717, 1.165) is 12.1 Å². The summed E-state index contributed by atoms with van der Waals surface area (Å²) >= 11 is 0. The van der Waals surface area contributed by atoms with Gasteiger partial charge in [0.15, 0.2) is 0 Å². The average molecular weight is 254 g/mol. The Labute approximate surface area is 111 Å². The molecule has 0 heterocycles. The van der Waals surface area contributed by atoms with E-state index in [1.165, 1.54) is 17.7 Å². The zero-order valence-corrected chi connectivity index (χ0v) is 10.3. The minimum Gasteiger partial charge on any atom is -0.382 e. The van der Waals surface area contributed by atoms with E-state index >= 15 is 0 Å². The predicted octanol–water partition coefficient (Wildman–Crippen LogP) is 3.56. The van der Waals surface area contributed by atoms with Gasteiger partial charge in [-0.05, 0) is 24.1 Å². The van der Waals surface area contributed by atoms with E-state index in [1.54, 1.807) is 12.1 Å². The summed E-state index contributed by atoms with van der Waals surface area (Å²) in [6.07, 6.45) is 1.11. The monoisotopic (exact) mass is 254 g/mol. The molecule has 4 heteroatoms. The minimum absolute atomic E-state index is 0.126. The summed E-state index contributed by atoms with van der Waals surface area (Å²) in [5.74, 6) is 0.552. The van der Waals surface area contributed by atoms with Crippen LogP contribution in [0.3, 0.4) is 0 Å². The van der Waals surface area contributed by atoms with Gasteiger partial charge in [-0.1, -0.05) is 30.3 Å². The van der Waals surface area contributed by atoms with Gasteiger partial charge >= 0.3 is 0 Å². The van der Waals surface area contributed by atoms with Crippen LogP contribution in [0.4, 0.5) is 11.4 Å². The molecule has 3 rings (SSSR count). The molecule has 1 N–H and O–H groups in total. The molecule has 0 spiro atoms. The lowest BCUT2D eigenvalue weighted by atomic mass is 10.1. The molecule has 2 aromatic carbocycles. The molecule has 2 aromatic rings. The second-order valence-electron chi connectivity index (χ2n) is 4.81. The lowest BCUT2D eigenvalue weighted by molar-refractivity contribution is -0.384. The van der Waals surface area contributed by atoms with Crippen molar-refractivity contribution in [1.82, 2.24) is 0 Å². The van der Waals surface area contributed by atoms with Gasteiger partial charge in [-0.2, -0.15) is 0 Å². The fraction of sp³-hybridized carbons (Fsp3) is 0.200. The Bertz CT molecular complexity index is 581. The van der Waals surface area contributed by atoms with Crippen molar-refractivity contribution in [3.05, 3.63) is 70.3 Å². The number of anilines is 1. The zero-order chi connectivity index (χ0) is 13.2. The Morgan fingerprint density at radius 2 is 1.74 bits per heavy atom. The maximum atomic E-state index is 10.6. The van der Waals surface area contributed by atoms with Gasteiger partial charge in [-0.3, -0.25) is 10.1 Å². The minimum atomic E-state index is -0.381. The Balaban J connectivity index is 1.63. The molecule has 0 aromatic heterocycles. The summed E-state index contributed by atoms with van der Waals surface area (Å²) in [7, 11) is 0. The van der Waals surface area contributed by atoms with Crippen LogP contribution in [0.1, 0.15) is 17.9 Å². The highest BCUT2D eigenvalue weighted by atomic mass is 16.6. The van der Waals surface area contributed by atoms with Crippen molar-refractivity contribution in [2.75, 3.05) is 5.32 Å². The smallest absolute Gasteiger partial charge is 0.269 e. The van der Waals surface area contributed by atoms with E-state index in [9.17, 15) is 10.1 Å². The van der Waals surface area contributed by atoms with Crippen LogP contribution in [0.5, 0.6) is 0 Å². The standard InChI is InChI=1S/C15H14N2O2/c18-17(19)13-8-6-12(7-9-13)16-15-10-14(15)11-4-2-1-3-5-11/h1-9,14-16H,10H2/t14-,15+/m0/s1. The number of nitrogens with one attached hydrogen (secondary N) is 1. The van der Waals surface area contributed by atoms with Crippen LogP contribution in [-0.4, -0.2) is 11.0 Å². The molecule has 0 saturated heterocycles. The molecule has 1 aliphatic carbocycles. The van der Waals surface area contributed by atoms with Crippen molar-refractivity contribution in [1.29, 1.82) is 0 Å². The molecule has 0 unspecified atom stereocenters. The first-order valence-corrected chi connectivity index (χ1v) is 6.30. The fourth-order valence-corrected chi connectivity index (χ4v) is 2.32. The number of rotatable bonds is 4. The third-order valence-corrected chi connectivity index (χ3v) is 3.45. The van der Waals surface area contributed by atoms with Crippen LogP contribution in [0, 0.1) is 10.1 Å². The van der Waals surface area contributed by atoms with Crippen molar-refractivity contribution in [2.24, 2.45) is 0 Å². The van der Waals surface area contributed by atoms with E-state index in [1.807, 2.05) is 6.07 Å². The fourth-order valence-electron chi connectivity index (χ4n) is 2.32. The molecular formula is C15H14N2O2. The van der Waals surface area contributed by atoms with Crippen molar-refractivity contribution in [3.63, 3.8) is 0 Å². The lowest BCUT2D eigenvalue weighted by Gasteiger charge is -2.05. The molecule has 0 aliphatic heterocycles. The first-order chi connectivity index (χ1) is 9.24. The Hall–Kier alpha value is -2.36. The number of nitro groups is 1. The van der Waals surface area contributed by atoms with E-state index in [-0.39, 0.29) is 10.6 Å². The van der Waals surface area contributed by atoms with Gasteiger partial charge in [0.05, 0.1) is 4.92 Å². The largest absolute Gasteiger partial charge is 0.382 e. The molecule has 0 bridgehead atoms. The van der Waals surface area contributed by atoms with E-state index in [4.69, 9.17) is 0 Å². The third-order valence-electron chi connectivity index (χ3n) is 3.45. The van der Waals surface area contributed by atoms with Crippen molar-refractivity contribution >= 4 is 11.4 Å². The van der Waals surface area contributed by atoms with Crippen molar-refractivity contribution < 1.29 is 4.92 Å². The SMILES string of the molecule is O=[N+]([O-])c1ccc(N[C@@H]2C[C@H]2c2ccccc2)cc1. The zero-order valence-electron chi connectivity index (χ0n) is 10.3. The molecule has 1 saturated carbocycles. The van der Waals surface area contributed by atoms with Gasteiger partial charge in [0.25, 0.3) is 5.69 Å². The van der Waals surface area contributed by atoms with Crippen LogP contribution in [0.25, 0.3) is 0 Å². The highest BCUT2D eigenvalue weighted by Crippen LogP contribution is 2.42. The average Bonchev–Trinajstić information content (AvgIpc) is 3.20. The van der Waals surface area contributed by atoms with Crippen molar-refractivity contribution in [2.45, 2.75) is 18.4 Å². The summed E-state index contributed by atoms with van der Waals surface area (Å²) in [4.78, 5) is 10.2. The number of nitrogens with zero attached hydrogens (tertiary/aromatic N) is 1. The maximum Gasteiger partial charge on any atom is 0.269 e. The van der Waals surface area contributed by atoms with Gasteiger partial charge in [0.1, 0.15) is 0 Å². The highest BCUT2D eigenvalue weighted by Gasteiger charge is 2.38. The van der Waals surface area contributed by atoms with Gasteiger partial charge < -0.3 is 5.32 Å². The van der Waals surface area contributed by atoms with Crippen LogP contribution in [-0.2, 0) is 0 Å². The van der Waals surface area contributed by atoms with Crippen LogP contribution in [0.15, 0.2) is 54.6 Å². The van der Waals surface area contributed by atoms with E-state index < -0.39 is 0 Å². The number of hydrogen-bond donors (Lipinski definition) is 1. The Morgan fingerprint density at radius 3 is 2.37 bits per heavy atom. The second-order valence-corrected chi connectivity index (χ2v) is 4.81. The first-order valence-electron chi connectivity index (χ1n) is 6.30. The van der Waals surface area contributed by atoms with E-state index in [0.29, 0.717) is 12.0 Å². The molecule has 1 fully saturated rings. The van der Waals surface area contributed by atoms with Gasteiger partial charge in [-0.15, -0.1) is 0 Å². The number of benzene rings is 2. The van der Waals surface area contributed by atoms with Gasteiger partial charge in [-0.25, -0.2) is 0 Å². The van der Waals surface area contributed by atoms with Gasteiger partial charge in [0.2, 0.25) is 0 Å². The number of non-ortho nitro benzene ring substituents is 1. The topological polar surface area (TPSA) is 55.2 Å². The molecule has 0 amide bonds. The summed E-state index contributed by atoms with van der Waals surface area (Å²) in [5.41, 5.74) is 2.41. The number of hydrogen-bond acceptors (Lipinski definition) is 3. The Morgan fingerprint density at radius 1 is 1.05 bits per heavy atom. The molecule has 19 heavy (non-hydrogen) atoms. The Kier molecular flexibility index (Phi) is 2.91. The quantitative estimate of drug-likeness (QED) is 0.670. The highest BCUT2D eigenvalue weighted by molar-refractivity contribution is 5.51. The predicted molar refractivity (Wildman–Crippen MR) is 74.3 cm³/mol. The summed E-state index contributed by atoms with van der Waals surface area (Å²) in [6.45, 7) is 0. The van der Waals surface area contributed by atoms with Crippen molar-refractivity contribution in [3.8, 4) is 0 Å². The van der Waals surface area contributed by atoms with Gasteiger partial charge in [0, 0.05) is 29.8 Å². The van der Waals surface area contributed by atoms with Crippen LogP contribution in [0.2, 0.25) is 0 Å². The first kappa shape index (κ1) is 11.7. The summed E-state index contributed by atoms with van der Waals surface area (Å²) in [5, 5.41) is 14.0. The molecular weight excluding hydrogens is 240 g/mol. The molecule has 2 atom stereocenters. The van der Waals surface area contributed by atoms with Crippen LogP contribution >= 0.6 is 0 Å². The second kappa shape index (κ2) is 4.72. The third kappa shape index (κ3) is 2.57. The lowest BCUT2D eigenvalue weighted by Crippen LogP contribution is -2.03. The molecule has 4 nitrogen and oxygen atoms in total. The molecule has 0 radical (unpaired) electrons. The summed E-state index contributed by atoms with van der Waals surface area (Å²) < 4.78 is 0. The van der Waals surface area contributed by atoms with Crippen LogP contribution < -0.4 is 5.32 Å².